The maximum absolute atomic E-state index is 11.4. The van der Waals surface area contributed by atoms with Crippen molar-refractivity contribution in [2.75, 3.05) is 24.7 Å². The molecule has 0 aromatic heterocycles. The van der Waals surface area contributed by atoms with E-state index in [-0.39, 0.29) is 29.5 Å². The Bertz CT molecular complexity index is 586. The molecule has 0 bridgehead atoms. The van der Waals surface area contributed by atoms with Crippen molar-refractivity contribution in [1.82, 2.24) is 5.32 Å². The summed E-state index contributed by atoms with van der Waals surface area (Å²) in [6.07, 6.45) is 0. The topological polar surface area (TPSA) is 98.5 Å². The summed E-state index contributed by atoms with van der Waals surface area (Å²) in [4.78, 5) is 10.4. The van der Waals surface area contributed by atoms with Crippen molar-refractivity contribution in [2.24, 2.45) is 0 Å². The summed E-state index contributed by atoms with van der Waals surface area (Å²) in [6.45, 7) is 4.76. The maximum atomic E-state index is 11.4. The van der Waals surface area contributed by atoms with Crippen LogP contribution < -0.4 is 10.1 Å². The summed E-state index contributed by atoms with van der Waals surface area (Å²) in [5.41, 5.74) is 0.681. The number of benzene rings is 1. The number of sulfone groups is 1. The predicted molar refractivity (Wildman–Crippen MR) is 80.3 cm³/mol. The molecular formula is C13H20N2O5S. The largest absolute Gasteiger partial charge is 0.486 e. The molecular weight excluding hydrogens is 296 g/mol. The van der Waals surface area contributed by atoms with Gasteiger partial charge in [0.25, 0.3) is 0 Å². The van der Waals surface area contributed by atoms with E-state index in [0.29, 0.717) is 6.54 Å². The highest BCUT2D eigenvalue weighted by atomic mass is 32.2. The first-order valence-electron chi connectivity index (χ1n) is 6.71. The molecule has 0 unspecified atom stereocenters. The molecule has 1 aromatic carbocycles. The lowest BCUT2D eigenvalue weighted by molar-refractivity contribution is -0.385. The van der Waals surface area contributed by atoms with Gasteiger partial charge in [-0.2, -0.15) is 0 Å². The van der Waals surface area contributed by atoms with E-state index >= 15 is 0 Å². The van der Waals surface area contributed by atoms with Crippen LogP contribution in [0.15, 0.2) is 18.2 Å². The zero-order valence-electron chi connectivity index (χ0n) is 12.2. The lowest BCUT2D eigenvalue weighted by Gasteiger charge is -2.09. The molecule has 0 aliphatic rings. The zero-order valence-corrected chi connectivity index (χ0v) is 13.0. The van der Waals surface area contributed by atoms with Gasteiger partial charge in [-0.15, -0.1) is 0 Å². The third-order valence-electron chi connectivity index (χ3n) is 2.89. The summed E-state index contributed by atoms with van der Waals surface area (Å²) in [7, 11) is -3.15. The van der Waals surface area contributed by atoms with Crippen molar-refractivity contribution in [3.8, 4) is 5.75 Å². The molecule has 0 aliphatic carbocycles. The summed E-state index contributed by atoms with van der Waals surface area (Å²) in [5.74, 6) is -0.0292. The number of nitrogens with zero attached hydrogens (tertiary/aromatic N) is 1. The molecule has 1 aromatic rings. The molecule has 0 heterocycles. The molecule has 0 fully saturated rings. The van der Waals surface area contributed by atoms with Gasteiger partial charge < -0.3 is 10.1 Å². The Balaban J connectivity index is 2.83. The van der Waals surface area contributed by atoms with E-state index in [2.05, 4.69) is 5.32 Å². The number of rotatable bonds is 9. The SMILES string of the molecule is CCNCc1ccc([N+](=O)[O-])c(OCCS(=O)(=O)CC)c1. The lowest BCUT2D eigenvalue weighted by atomic mass is 10.2. The van der Waals surface area contributed by atoms with Crippen LogP contribution in [-0.2, 0) is 16.4 Å². The molecule has 1 N–H and O–H groups in total. The van der Waals surface area contributed by atoms with Gasteiger partial charge in [0.15, 0.2) is 15.6 Å². The van der Waals surface area contributed by atoms with Crippen molar-refractivity contribution in [1.29, 1.82) is 0 Å². The second-order valence-electron chi connectivity index (χ2n) is 4.42. The Morgan fingerprint density at radius 3 is 2.62 bits per heavy atom. The Kier molecular flexibility index (Phi) is 6.57. The van der Waals surface area contributed by atoms with E-state index in [0.717, 1.165) is 12.1 Å². The number of nitro groups is 1. The smallest absolute Gasteiger partial charge is 0.310 e. The van der Waals surface area contributed by atoms with E-state index in [1.165, 1.54) is 6.07 Å². The van der Waals surface area contributed by atoms with Crippen LogP contribution in [0.3, 0.4) is 0 Å². The second kappa shape index (κ2) is 7.94. The van der Waals surface area contributed by atoms with Gasteiger partial charge in [0.05, 0.1) is 10.7 Å². The van der Waals surface area contributed by atoms with Gasteiger partial charge in [-0.3, -0.25) is 10.1 Å². The van der Waals surface area contributed by atoms with Crippen molar-refractivity contribution in [3.63, 3.8) is 0 Å². The van der Waals surface area contributed by atoms with Crippen molar-refractivity contribution in [2.45, 2.75) is 20.4 Å². The monoisotopic (exact) mass is 316 g/mol. The van der Waals surface area contributed by atoms with Gasteiger partial charge in [0.1, 0.15) is 6.61 Å². The Labute approximate surface area is 124 Å². The number of nitrogens with one attached hydrogen (secondary N) is 1. The van der Waals surface area contributed by atoms with Crippen LogP contribution in [0.4, 0.5) is 5.69 Å². The summed E-state index contributed by atoms with van der Waals surface area (Å²) in [6, 6.07) is 4.59. The molecule has 0 aliphatic heterocycles. The van der Waals surface area contributed by atoms with Gasteiger partial charge in [-0.1, -0.05) is 19.9 Å². The molecule has 1 rings (SSSR count). The van der Waals surface area contributed by atoms with E-state index in [1.807, 2.05) is 6.92 Å². The molecule has 0 amide bonds. The fourth-order valence-electron chi connectivity index (χ4n) is 1.63. The van der Waals surface area contributed by atoms with E-state index in [9.17, 15) is 18.5 Å². The van der Waals surface area contributed by atoms with E-state index in [1.54, 1.807) is 19.1 Å². The summed E-state index contributed by atoms with van der Waals surface area (Å²) < 4.78 is 28.1. The molecule has 0 saturated heterocycles. The first kappa shape index (κ1) is 17.4. The minimum atomic E-state index is -3.15. The van der Waals surface area contributed by atoms with Gasteiger partial charge in [-0.05, 0) is 18.2 Å². The standard InChI is InChI=1S/C13H20N2O5S/c1-3-14-10-11-5-6-12(15(16)17)13(9-11)20-7-8-21(18,19)4-2/h5-6,9,14H,3-4,7-8,10H2,1-2H3. The van der Waals surface area contributed by atoms with Crippen LogP contribution in [0.5, 0.6) is 5.75 Å². The quantitative estimate of drug-likeness (QED) is 0.548. The highest BCUT2D eigenvalue weighted by Gasteiger charge is 2.16. The van der Waals surface area contributed by atoms with Gasteiger partial charge in [0, 0.05) is 18.4 Å². The van der Waals surface area contributed by atoms with Gasteiger partial charge in [0.2, 0.25) is 0 Å². The number of ether oxygens (including phenoxy) is 1. The summed E-state index contributed by atoms with van der Waals surface area (Å²) >= 11 is 0. The number of hydrogen-bond acceptors (Lipinski definition) is 6. The molecule has 0 radical (unpaired) electrons. The minimum Gasteiger partial charge on any atom is -0.486 e. The van der Waals surface area contributed by atoms with E-state index < -0.39 is 14.8 Å². The third-order valence-corrected chi connectivity index (χ3v) is 4.56. The van der Waals surface area contributed by atoms with Crippen molar-refractivity contribution in [3.05, 3.63) is 33.9 Å². The van der Waals surface area contributed by atoms with Gasteiger partial charge in [-0.25, -0.2) is 8.42 Å². The van der Waals surface area contributed by atoms with Crippen LogP contribution in [-0.4, -0.2) is 38.0 Å². The lowest BCUT2D eigenvalue weighted by Crippen LogP contribution is -2.16. The highest BCUT2D eigenvalue weighted by molar-refractivity contribution is 7.91. The third kappa shape index (κ3) is 5.68. The normalized spacial score (nSPS) is 11.3. The Morgan fingerprint density at radius 2 is 2.05 bits per heavy atom. The molecule has 21 heavy (non-hydrogen) atoms. The molecule has 118 valence electrons. The Morgan fingerprint density at radius 1 is 1.33 bits per heavy atom. The predicted octanol–water partition coefficient (Wildman–Crippen LogP) is 1.52. The Hall–Kier alpha value is -1.67. The van der Waals surface area contributed by atoms with Crippen LogP contribution >= 0.6 is 0 Å². The van der Waals surface area contributed by atoms with Crippen LogP contribution in [0.25, 0.3) is 0 Å². The van der Waals surface area contributed by atoms with Crippen LogP contribution in [0.1, 0.15) is 19.4 Å². The fraction of sp³-hybridized carbons (Fsp3) is 0.538. The van der Waals surface area contributed by atoms with Crippen LogP contribution in [0, 0.1) is 10.1 Å². The second-order valence-corrected chi connectivity index (χ2v) is 6.90. The van der Waals surface area contributed by atoms with Crippen LogP contribution in [0.2, 0.25) is 0 Å². The van der Waals surface area contributed by atoms with E-state index in [4.69, 9.17) is 4.74 Å². The molecule has 0 saturated carbocycles. The first-order chi connectivity index (χ1) is 9.89. The average Bonchev–Trinajstić information content (AvgIpc) is 2.44. The fourth-order valence-corrected chi connectivity index (χ4v) is 2.25. The number of hydrogen-bond donors (Lipinski definition) is 1. The molecule has 8 heteroatoms. The summed E-state index contributed by atoms with van der Waals surface area (Å²) in [5, 5.41) is 14.1. The van der Waals surface area contributed by atoms with Gasteiger partial charge >= 0.3 is 5.69 Å². The van der Waals surface area contributed by atoms with Crippen molar-refractivity contribution >= 4 is 15.5 Å². The first-order valence-corrected chi connectivity index (χ1v) is 8.53. The zero-order chi connectivity index (χ0) is 15.9. The maximum Gasteiger partial charge on any atom is 0.310 e. The average molecular weight is 316 g/mol. The minimum absolute atomic E-state index is 0.0267. The number of nitro benzene ring substituents is 1. The molecule has 7 nitrogen and oxygen atoms in total. The molecule has 0 atom stereocenters. The molecule has 0 spiro atoms. The highest BCUT2D eigenvalue weighted by Crippen LogP contribution is 2.28. The van der Waals surface area contributed by atoms with Crippen molar-refractivity contribution < 1.29 is 18.1 Å².